The summed E-state index contributed by atoms with van der Waals surface area (Å²) < 4.78 is 151. The van der Waals surface area contributed by atoms with Gasteiger partial charge in [0.2, 0.25) is 0 Å². The van der Waals surface area contributed by atoms with Gasteiger partial charge in [0.15, 0.2) is 0 Å². The SMILES string of the molecule is CN(C)c1cccc(C(O)CC2(F)C(F)(F)C(F)(F)C(F)(F)C(F)(F)C2(F)F)c1. The molecule has 1 unspecified atom stereocenters. The lowest BCUT2D eigenvalue weighted by Gasteiger charge is -2.52. The average Bonchev–Trinajstić information content (AvgIpc) is 2.59. The van der Waals surface area contributed by atoms with Gasteiger partial charge in [-0.25, -0.2) is 4.39 Å². The van der Waals surface area contributed by atoms with E-state index in [9.17, 15) is 53.4 Å². The lowest BCUT2D eigenvalue weighted by molar-refractivity contribution is -0.487. The monoisotopic (exact) mass is 445 g/mol. The Kier molecular flexibility index (Phi) is 5.14. The van der Waals surface area contributed by atoms with Crippen molar-refractivity contribution in [2.24, 2.45) is 0 Å². The first-order valence-corrected chi connectivity index (χ1v) is 7.83. The minimum Gasteiger partial charge on any atom is -0.388 e. The van der Waals surface area contributed by atoms with Gasteiger partial charge in [0.1, 0.15) is 0 Å². The van der Waals surface area contributed by atoms with Gasteiger partial charge in [0.25, 0.3) is 5.67 Å². The molecule has 0 heterocycles. The third-order valence-corrected chi connectivity index (χ3v) is 4.82. The third kappa shape index (κ3) is 2.72. The Bertz CT molecular complexity index is 748. The van der Waals surface area contributed by atoms with Gasteiger partial charge in [0.05, 0.1) is 6.10 Å². The molecule has 0 radical (unpaired) electrons. The van der Waals surface area contributed by atoms with E-state index in [-0.39, 0.29) is 5.69 Å². The van der Waals surface area contributed by atoms with Gasteiger partial charge in [-0.15, -0.1) is 0 Å². The fraction of sp³-hybridized carbons (Fsp3) is 0.625. The summed E-state index contributed by atoms with van der Waals surface area (Å²) >= 11 is 0. The Labute approximate surface area is 156 Å². The highest BCUT2D eigenvalue weighted by atomic mass is 19.4. The molecule has 0 aliphatic heterocycles. The van der Waals surface area contributed by atoms with Crippen LogP contribution in [0.4, 0.5) is 54.0 Å². The number of alkyl halides is 11. The Morgan fingerprint density at radius 1 is 0.759 bits per heavy atom. The number of hydrogen-bond donors (Lipinski definition) is 1. The molecule has 13 heteroatoms. The van der Waals surface area contributed by atoms with Crippen molar-refractivity contribution >= 4 is 5.69 Å². The van der Waals surface area contributed by atoms with Crippen LogP contribution in [-0.4, -0.2) is 54.5 Å². The molecule has 2 rings (SSSR count). The van der Waals surface area contributed by atoms with Crippen molar-refractivity contribution in [1.29, 1.82) is 0 Å². The van der Waals surface area contributed by atoms with E-state index in [4.69, 9.17) is 0 Å². The minimum atomic E-state index is -7.27. The second kappa shape index (κ2) is 6.35. The highest BCUT2D eigenvalue weighted by Crippen LogP contribution is 2.70. The first-order chi connectivity index (χ1) is 12.8. The molecule has 1 aliphatic rings. The first kappa shape index (κ1) is 23.5. The maximum Gasteiger partial charge on any atom is 0.384 e. The molecule has 1 aliphatic carbocycles. The van der Waals surface area contributed by atoms with Crippen molar-refractivity contribution in [1.82, 2.24) is 0 Å². The molecule has 166 valence electrons. The number of aliphatic hydroxyl groups is 1. The van der Waals surface area contributed by atoms with Gasteiger partial charge < -0.3 is 10.0 Å². The lowest BCUT2D eigenvalue weighted by atomic mass is 9.69. The number of hydrogen-bond acceptors (Lipinski definition) is 2. The van der Waals surface area contributed by atoms with Crippen LogP contribution in [0.2, 0.25) is 0 Å². The van der Waals surface area contributed by atoms with Crippen molar-refractivity contribution in [3.8, 4) is 0 Å². The van der Waals surface area contributed by atoms with Gasteiger partial charge in [-0.1, -0.05) is 12.1 Å². The maximum atomic E-state index is 14.7. The van der Waals surface area contributed by atoms with E-state index in [0.717, 1.165) is 18.2 Å². The predicted octanol–water partition coefficient (Wildman–Crippen LogP) is 5.07. The molecule has 0 spiro atoms. The van der Waals surface area contributed by atoms with E-state index in [2.05, 4.69) is 0 Å². The van der Waals surface area contributed by atoms with Crippen molar-refractivity contribution in [3.05, 3.63) is 29.8 Å². The van der Waals surface area contributed by atoms with E-state index in [0.29, 0.717) is 0 Å². The van der Waals surface area contributed by atoms with Gasteiger partial charge in [0, 0.05) is 26.2 Å². The summed E-state index contributed by atoms with van der Waals surface area (Å²) in [5, 5.41) is 9.88. The van der Waals surface area contributed by atoms with Crippen LogP contribution in [0, 0.1) is 0 Å². The molecule has 1 aromatic rings. The second-order valence-corrected chi connectivity index (χ2v) is 6.88. The Balaban J connectivity index is 2.61. The molecule has 0 saturated heterocycles. The van der Waals surface area contributed by atoms with Crippen LogP contribution < -0.4 is 4.90 Å². The molecular formula is C16H14F11NO. The average molecular weight is 445 g/mol. The highest BCUT2D eigenvalue weighted by molar-refractivity contribution is 5.47. The summed E-state index contributed by atoms with van der Waals surface area (Å²) in [5.74, 6) is -35.5. The molecule has 2 nitrogen and oxygen atoms in total. The molecule has 0 amide bonds. The molecule has 0 bridgehead atoms. The predicted molar refractivity (Wildman–Crippen MR) is 78.9 cm³/mol. The zero-order valence-electron chi connectivity index (χ0n) is 14.6. The van der Waals surface area contributed by atoms with Gasteiger partial charge in [-0.3, -0.25) is 0 Å². The van der Waals surface area contributed by atoms with Crippen LogP contribution in [0.15, 0.2) is 24.3 Å². The second-order valence-electron chi connectivity index (χ2n) is 6.88. The minimum absolute atomic E-state index is 0.221. The van der Waals surface area contributed by atoms with E-state index >= 15 is 0 Å². The number of rotatable bonds is 4. The third-order valence-electron chi connectivity index (χ3n) is 4.82. The number of aliphatic hydroxyl groups excluding tert-OH is 1. The van der Waals surface area contributed by atoms with Gasteiger partial charge in [-0.2, -0.15) is 43.9 Å². The fourth-order valence-electron chi connectivity index (χ4n) is 2.94. The zero-order valence-corrected chi connectivity index (χ0v) is 14.6. The quantitative estimate of drug-likeness (QED) is 0.654. The molecule has 29 heavy (non-hydrogen) atoms. The van der Waals surface area contributed by atoms with Crippen LogP contribution in [0.25, 0.3) is 0 Å². The Morgan fingerprint density at radius 3 is 1.59 bits per heavy atom. The van der Waals surface area contributed by atoms with Crippen LogP contribution in [0.1, 0.15) is 18.1 Å². The number of nitrogens with zero attached hydrogens (tertiary/aromatic N) is 1. The van der Waals surface area contributed by atoms with Gasteiger partial charge in [-0.05, 0) is 17.7 Å². The standard InChI is InChI=1S/C16H14F11NO/c1-28(2)9-5-3-4-8(6-9)10(29)7-11(17)12(18,19)14(22,23)16(26,27)15(24,25)13(11,20)21/h3-6,10,29H,7H2,1-2H3. The van der Waals surface area contributed by atoms with Crippen molar-refractivity contribution in [2.75, 3.05) is 19.0 Å². The summed E-state index contributed by atoms with van der Waals surface area (Å²) in [5.41, 5.74) is -6.55. The summed E-state index contributed by atoms with van der Waals surface area (Å²) in [7, 11) is 2.91. The van der Waals surface area contributed by atoms with Crippen molar-refractivity contribution < 1.29 is 53.4 Å². The maximum absolute atomic E-state index is 14.7. The topological polar surface area (TPSA) is 23.5 Å². The van der Waals surface area contributed by atoms with Crippen LogP contribution in [-0.2, 0) is 0 Å². The van der Waals surface area contributed by atoms with Gasteiger partial charge >= 0.3 is 29.6 Å². The largest absolute Gasteiger partial charge is 0.388 e. The lowest BCUT2D eigenvalue weighted by Crippen LogP contribution is -2.83. The molecule has 1 aromatic carbocycles. The smallest absolute Gasteiger partial charge is 0.384 e. The summed E-state index contributed by atoms with van der Waals surface area (Å²) in [4.78, 5) is 1.37. The van der Waals surface area contributed by atoms with Crippen LogP contribution >= 0.6 is 0 Å². The number of halogens is 11. The number of benzene rings is 1. The molecule has 1 saturated carbocycles. The Hall–Kier alpha value is -1.79. The Morgan fingerprint density at radius 2 is 1.17 bits per heavy atom. The molecule has 0 aromatic heterocycles. The van der Waals surface area contributed by atoms with Crippen LogP contribution in [0.5, 0.6) is 0 Å². The van der Waals surface area contributed by atoms with E-state index in [1.165, 1.54) is 25.1 Å². The molecule has 1 N–H and O–H groups in total. The molecule has 1 fully saturated rings. The van der Waals surface area contributed by atoms with E-state index < -0.39 is 53.4 Å². The highest BCUT2D eigenvalue weighted by Gasteiger charge is 3.00. The van der Waals surface area contributed by atoms with Crippen molar-refractivity contribution in [2.45, 2.75) is 47.8 Å². The summed E-state index contributed by atoms with van der Waals surface area (Å²) in [6.07, 6.45) is -5.43. The molecule has 1 atom stereocenters. The van der Waals surface area contributed by atoms with Crippen LogP contribution in [0.3, 0.4) is 0 Å². The number of anilines is 1. The van der Waals surface area contributed by atoms with E-state index in [1.807, 2.05) is 0 Å². The fourth-order valence-corrected chi connectivity index (χ4v) is 2.94. The zero-order chi connectivity index (χ0) is 22.8. The summed E-state index contributed by atoms with van der Waals surface area (Å²) in [6.45, 7) is 0. The van der Waals surface area contributed by atoms with E-state index in [1.54, 1.807) is 0 Å². The molecular weight excluding hydrogens is 431 g/mol. The van der Waals surface area contributed by atoms with Crippen molar-refractivity contribution in [3.63, 3.8) is 0 Å². The normalized spacial score (nSPS) is 26.6. The first-order valence-electron chi connectivity index (χ1n) is 7.83. The summed E-state index contributed by atoms with van der Waals surface area (Å²) in [6, 6.07) is 4.37.